The van der Waals surface area contributed by atoms with Crippen LogP contribution in [0.25, 0.3) is 0 Å². The van der Waals surface area contributed by atoms with Gasteiger partial charge in [-0.3, -0.25) is 0 Å². The molecule has 0 heterocycles. The third kappa shape index (κ3) is 3.32. The highest BCUT2D eigenvalue weighted by Gasteiger charge is 2.16. The van der Waals surface area contributed by atoms with Gasteiger partial charge in [0.05, 0.1) is 12.2 Å². The second-order valence-electron chi connectivity index (χ2n) is 4.30. The molecule has 1 aromatic carbocycles. The molecule has 2 unspecified atom stereocenters. The molecule has 2 nitrogen and oxygen atoms in total. The Bertz CT molecular complexity index is 313. The van der Waals surface area contributed by atoms with Crippen LogP contribution in [0.2, 0.25) is 0 Å². The molecule has 0 fully saturated rings. The first kappa shape index (κ1) is 13.2. The van der Waals surface area contributed by atoms with Gasteiger partial charge in [0.25, 0.3) is 0 Å². The Balaban J connectivity index is 2.72. The number of aliphatic hydroxyl groups is 1. The van der Waals surface area contributed by atoms with Crippen molar-refractivity contribution in [3.05, 3.63) is 34.9 Å². The van der Waals surface area contributed by atoms with Crippen molar-refractivity contribution in [2.45, 2.75) is 46.3 Å². The van der Waals surface area contributed by atoms with Gasteiger partial charge < -0.3 is 9.84 Å². The summed E-state index contributed by atoms with van der Waals surface area (Å²) in [6, 6.07) is 6.22. The molecule has 0 aromatic heterocycles. The van der Waals surface area contributed by atoms with E-state index >= 15 is 0 Å². The molecule has 16 heavy (non-hydrogen) atoms. The molecule has 0 aliphatic rings. The summed E-state index contributed by atoms with van der Waals surface area (Å²) in [5.74, 6) is 0. The lowest BCUT2D eigenvalue weighted by molar-refractivity contribution is -0.0209. The number of hydrogen-bond donors (Lipinski definition) is 1. The van der Waals surface area contributed by atoms with Crippen molar-refractivity contribution < 1.29 is 9.84 Å². The fraction of sp³-hybridized carbons (Fsp3) is 0.571. The van der Waals surface area contributed by atoms with E-state index in [4.69, 9.17) is 4.74 Å². The van der Waals surface area contributed by atoms with Gasteiger partial charge in [0.1, 0.15) is 0 Å². The van der Waals surface area contributed by atoms with Crippen LogP contribution < -0.4 is 0 Å². The smallest absolute Gasteiger partial charge is 0.0839 e. The monoisotopic (exact) mass is 222 g/mol. The summed E-state index contributed by atoms with van der Waals surface area (Å²) in [6.45, 7) is 8.68. The maximum Gasteiger partial charge on any atom is 0.0839 e. The average Bonchev–Trinajstić information content (AvgIpc) is 2.23. The Morgan fingerprint density at radius 1 is 1.25 bits per heavy atom. The van der Waals surface area contributed by atoms with Crippen LogP contribution in [0.4, 0.5) is 0 Å². The molecule has 1 rings (SSSR count). The summed E-state index contributed by atoms with van der Waals surface area (Å²) >= 11 is 0. The molecule has 2 atom stereocenters. The van der Waals surface area contributed by atoms with E-state index in [1.165, 1.54) is 16.7 Å². The van der Waals surface area contributed by atoms with Gasteiger partial charge in [0.2, 0.25) is 0 Å². The van der Waals surface area contributed by atoms with Gasteiger partial charge in [-0.1, -0.05) is 18.2 Å². The Kier molecular flexibility index (Phi) is 4.97. The van der Waals surface area contributed by atoms with Crippen LogP contribution >= 0.6 is 0 Å². The maximum atomic E-state index is 10.0. The van der Waals surface area contributed by atoms with E-state index in [-0.39, 0.29) is 6.10 Å². The zero-order valence-electron chi connectivity index (χ0n) is 10.7. The summed E-state index contributed by atoms with van der Waals surface area (Å²) in [7, 11) is 0. The Labute approximate surface area is 98.3 Å². The van der Waals surface area contributed by atoms with Gasteiger partial charge in [-0.25, -0.2) is 0 Å². The third-order valence-electron chi connectivity index (χ3n) is 3.03. The van der Waals surface area contributed by atoms with Crippen LogP contribution in [-0.2, 0) is 11.2 Å². The van der Waals surface area contributed by atoms with Gasteiger partial charge in [0, 0.05) is 13.0 Å². The summed E-state index contributed by atoms with van der Waals surface area (Å²) in [5, 5.41) is 10.0. The normalized spacial score (nSPS) is 14.8. The fourth-order valence-corrected chi connectivity index (χ4v) is 1.92. The molecule has 0 bridgehead atoms. The molecule has 0 aliphatic carbocycles. The molecule has 1 N–H and O–H groups in total. The highest BCUT2D eigenvalue weighted by Crippen LogP contribution is 2.17. The van der Waals surface area contributed by atoms with Crippen LogP contribution in [0.3, 0.4) is 0 Å². The molecule has 0 radical (unpaired) electrons. The fourth-order valence-electron chi connectivity index (χ4n) is 1.92. The van der Waals surface area contributed by atoms with Crippen molar-refractivity contribution in [1.29, 1.82) is 0 Å². The first-order chi connectivity index (χ1) is 7.56. The lowest BCUT2D eigenvalue weighted by Crippen LogP contribution is -2.28. The number of hydrogen-bond acceptors (Lipinski definition) is 2. The number of rotatable bonds is 5. The highest BCUT2D eigenvalue weighted by molar-refractivity contribution is 5.34. The molecule has 2 heteroatoms. The zero-order valence-corrected chi connectivity index (χ0v) is 10.7. The van der Waals surface area contributed by atoms with Gasteiger partial charge in [-0.05, 0) is 44.4 Å². The number of aryl methyl sites for hydroxylation is 2. The molecule has 1 aromatic rings. The quantitative estimate of drug-likeness (QED) is 0.830. The topological polar surface area (TPSA) is 29.5 Å². The minimum Gasteiger partial charge on any atom is -0.390 e. The average molecular weight is 222 g/mol. The highest BCUT2D eigenvalue weighted by atomic mass is 16.5. The van der Waals surface area contributed by atoms with E-state index < -0.39 is 6.10 Å². The molecule has 0 saturated carbocycles. The maximum absolute atomic E-state index is 10.0. The molecule has 0 saturated heterocycles. The molecular formula is C14H22O2. The van der Waals surface area contributed by atoms with Crippen molar-refractivity contribution in [3.8, 4) is 0 Å². The second kappa shape index (κ2) is 6.02. The minimum absolute atomic E-state index is 0.107. The van der Waals surface area contributed by atoms with Crippen molar-refractivity contribution in [2.75, 3.05) is 6.61 Å². The van der Waals surface area contributed by atoms with Gasteiger partial charge in [0.15, 0.2) is 0 Å². The predicted molar refractivity (Wildman–Crippen MR) is 66.7 cm³/mol. The van der Waals surface area contributed by atoms with Crippen LogP contribution in [0, 0.1) is 13.8 Å². The Hall–Kier alpha value is -0.860. The number of benzene rings is 1. The second-order valence-corrected chi connectivity index (χ2v) is 4.30. The zero-order chi connectivity index (χ0) is 12.1. The van der Waals surface area contributed by atoms with Gasteiger partial charge in [-0.2, -0.15) is 0 Å². The lowest BCUT2D eigenvalue weighted by atomic mass is 9.96. The molecule has 0 spiro atoms. The summed E-state index contributed by atoms with van der Waals surface area (Å²) in [4.78, 5) is 0. The largest absolute Gasteiger partial charge is 0.390 e. The van der Waals surface area contributed by atoms with Crippen LogP contribution in [0.1, 0.15) is 30.5 Å². The molecule has 90 valence electrons. The van der Waals surface area contributed by atoms with Crippen molar-refractivity contribution in [3.63, 3.8) is 0 Å². The minimum atomic E-state index is -0.431. The summed E-state index contributed by atoms with van der Waals surface area (Å²) < 4.78 is 5.41. The van der Waals surface area contributed by atoms with Gasteiger partial charge >= 0.3 is 0 Å². The standard InChI is InChI=1S/C14H22O2/c1-5-16-12(4)14(15)9-13-10(2)7-6-8-11(13)3/h6-8,12,14-15H,5,9H2,1-4H3. The van der Waals surface area contributed by atoms with Crippen LogP contribution in [0.5, 0.6) is 0 Å². The number of aliphatic hydroxyl groups excluding tert-OH is 1. The SMILES string of the molecule is CCOC(C)C(O)Cc1c(C)cccc1C. The van der Waals surface area contributed by atoms with Crippen molar-refractivity contribution >= 4 is 0 Å². The predicted octanol–water partition coefficient (Wildman–Crippen LogP) is 2.63. The summed E-state index contributed by atoms with van der Waals surface area (Å²) in [6.07, 6.45) is 0.128. The Morgan fingerprint density at radius 3 is 2.31 bits per heavy atom. The van der Waals surface area contributed by atoms with Crippen LogP contribution in [0.15, 0.2) is 18.2 Å². The van der Waals surface area contributed by atoms with E-state index in [0.717, 1.165) is 0 Å². The van der Waals surface area contributed by atoms with Crippen molar-refractivity contribution in [1.82, 2.24) is 0 Å². The lowest BCUT2D eigenvalue weighted by Gasteiger charge is -2.20. The van der Waals surface area contributed by atoms with Crippen molar-refractivity contribution in [2.24, 2.45) is 0 Å². The molecule has 0 aliphatic heterocycles. The number of ether oxygens (including phenoxy) is 1. The van der Waals surface area contributed by atoms with E-state index in [1.54, 1.807) is 0 Å². The van der Waals surface area contributed by atoms with E-state index in [2.05, 4.69) is 26.0 Å². The molecule has 0 amide bonds. The summed E-state index contributed by atoms with van der Waals surface area (Å²) in [5.41, 5.74) is 3.71. The molecular weight excluding hydrogens is 200 g/mol. The van der Waals surface area contributed by atoms with Gasteiger partial charge in [-0.15, -0.1) is 0 Å². The first-order valence-electron chi connectivity index (χ1n) is 5.91. The Morgan fingerprint density at radius 2 is 1.81 bits per heavy atom. The van der Waals surface area contributed by atoms with Crippen LogP contribution in [-0.4, -0.2) is 23.9 Å². The first-order valence-corrected chi connectivity index (χ1v) is 5.91. The van der Waals surface area contributed by atoms with E-state index in [1.807, 2.05) is 19.9 Å². The van der Waals surface area contributed by atoms with E-state index in [0.29, 0.717) is 13.0 Å². The van der Waals surface area contributed by atoms with E-state index in [9.17, 15) is 5.11 Å². The third-order valence-corrected chi connectivity index (χ3v) is 3.03.